The number of nitrogens with zero attached hydrogens (tertiary/aromatic N) is 2. The third-order valence-electron chi connectivity index (χ3n) is 4.40. The summed E-state index contributed by atoms with van der Waals surface area (Å²) >= 11 is 0. The summed E-state index contributed by atoms with van der Waals surface area (Å²) in [5.74, 6) is -0.857. The maximum absolute atomic E-state index is 12.8. The number of unbranched alkanes of at least 4 members (excludes halogenated alkanes) is 3. The van der Waals surface area contributed by atoms with Crippen molar-refractivity contribution in [2.75, 3.05) is 7.11 Å². The number of nitrogens with one attached hydrogen (secondary N) is 1. The van der Waals surface area contributed by atoms with E-state index in [1.165, 1.54) is 17.7 Å². The van der Waals surface area contributed by atoms with Crippen LogP contribution in [0.2, 0.25) is 0 Å². The van der Waals surface area contributed by atoms with Gasteiger partial charge in [-0.05, 0) is 12.5 Å². The van der Waals surface area contributed by atoms with Crippen LogP contribution in [0.3, 0.4) is 0 Å². The lowest BCUT2D eigenvalue weighted by atomic mass is 9.95. The molecule has 8 heteroatoms. The summed E-state index contributed by atoms with van der Waals surface area (Å²) in [7, 11) is 1.31. The fourth-order valence-corrected chi connectivity index (χ4v) is 3.13. The quantitative estimate of drug-likeness (QED) is 0.785. The van der Waals surface area contributed by atoms with E-state index in [1.54, 1.807) is 0 Å². The van der Waals surface area contributed by atoms with Crippen LogP contribution in [0.15, 0.2) is 27.5 Å². The lowest BCUT2D eigenvalue weighted by Gasteiger charge is -2.23. The average molecular weight is 357 g/mol. The van der Waals surface area contributed by atoms with Crippen molar-refractivity contribution in [3.63, 3.8) is 0 Å². The van der Waals surface area contributed by atoms with Gasteiger partial charge < -0.3 is 9.30 Å². The molecule has 0 unspecified atom stereocenters. The molecule has 0 amide bonds. The summed E-state index contributed by atoms with van der Waals surface area (Å²) in [6.07, 6.45) is 4.80. The van der Waals surface area contributed by atoms with Crippen molar-refractivity contribution in [1.82, 2.24) is 14.5 Å². The van der Waals surface area contributed by atoms with E-state index in [0.717, 1.165) is 31.8 Å². The molecule has 1 N–H and O–H groups in total. The summed E-state index contributed by atoms with van der Waals surface area (Å²) in [6, 6.07) is 1.32. The monoisotopic (exact) mass is 357 g/mol. The Morgan fingerprint density at radius 3 is 2.58 bits per heavy atom. The first-order valence-electron chi connectivity index (χ1n) is 8.50. The van der Waals surface area contributed by atoms with Crippen LogP contribution in [-0.2, 0) is 11.3 Å². The molecular weight excluding hydrogens is 338 g/mol. The molecule has 0 radical (unpaired) electrons. The number of pyridine rings is 1. The van der Waals surface area contributed by atoms with Gasteiger partial charge in [0.05, 0.1) is 18.2 Å². The van der Waals surface area contributed by atoms with Crippen molar-refractivity contribution in [1.29, 1.82) is 0 Å². The van der Waals surface area contributed by atoms with Gasteiger partial charge in [-0.25, -0.2) is 4.79 Å². The smallest absolute Gasteiger partial charge is 0.349 e. The Morgan fingerprint density at radius 2 is 1.88 bits per heavy atom. The second kappa shape index (κ2) is 7.07. The zero-order valence-electron chi connectivity index (χ0n) is 14.6. The molecule has 2 aliphatic heterocycles. The normalized spacial score (nSPS) is 13.7. The van der Waals surface area contributed by atoms with Gasteiger partial charge in [-0.3, -0.25) is 19.4 Å². The second-order valence-electron chi connectivity index (χ2n) is 6.13. The number of fused-ring (bicyclic) bond motifs is 2. The van der Waals surface area contributed by atoms with E-state index in [1.807, 2.05) is 0 Å². The van der Waals surface area contributed by atoms with Gasteiger partial charge in [0.1, 0.15) is 5.69 Å². The standard InChI is InChI=1S/C18H19N3O5/c1-3-4-5-6-7-21-14-10(12(22)9-13(26-2)15(14)23)8-11-16(21)19-18(25)20-17(11)24/h8-9H,3-7H2,1-2H3,(H,20,24,25). The molecule has 3 rings (SSSR count). The summed E-state index contributed by atoms with van der Waals surface area (Å²) in [5, 5.41) is 0. The molecule has 0 aromatic rings. The molecule has 0 atom stereocenters. The number of Topliss-reactive ketones (excluding diaryl/α,β-unsaturated/α-hetero) is 1. The molecule has 0 spiro atoms. The van der Waals surface area contributed by atoms with Gasteiger partial charge in [-0.15, -0.1) is 0 Å². The number of hydrogen-bond donors (Lipinski definition) is 1. The summed E-state index contributed by atoms with van der Waals surface area (Å²) in [4.78, 5) is 55.0. The maximum atomic E-state index is 12.8. The molecule has 26 heavy (non-hydrogen) atoms. The van der Waals surface area contributed by atoms with Crippen LogP contribution >= 0.6 is 0 Å². The van der Waals surface area contributed by atoms with E-state index in [4.69, 9.17) is 4.74 Å². The third-order valence-corrected chi connectivity index (χ3v) is 4.40. The van der Waals surface area contributed by atoms with Crippen molar-refractivity contribution in [2.45, 2.75) is 39.2 Å². The molecule has 136 valence electrons. The summed E-state index contributed by atoms with van der Waals surface area (Å²) in [6.45, 7) is 2.45. The van der Waals surface area contributed by atoms with Gasteiger partial charge in [0.15, 0.2) is 17.4 Å². The highest BCUT2D eigenvalue weighted by molar-refractivity contribution is 6.23. The molecule has 1 aliphatic carbocycles. The minimum atomic E-state index is -0.790. The van der Waals surface area contributed by atoms with Crippen molar-refractivity contribution in [3.05, 3.63) is 50.0 Å². The maximum Gasteiger partial charge on any atom is 0.349 e. The molecule has 0 aromatic carbocycles. The first-order valence-corrected chi connectivity index (χ1v) is 8.50. The average Bonchev–Trinajstić information content (AvgIpc) is 2.61. The number of aromatic nitrogens is 3. The number of hydrogen-bond acceptors (Lipinski definition) is 6. The highest BCUT2D eigenvalue weighted by Gasteiger charge is 2.32. The van der Waals surface area contributed by atoms with Crippen LogP contribution in [0.25, 0.3) is 11.4 Å². The van der Waals surface area contributed by atoms with Crippen molar-refractivity contribution in [2.24, 2.45) is 0 Å². The van der Waals surface area contributed by atoms with Crippen LogP contribution in [-0.4, -0.2) is 33.2 Å². The Balaban J connectivity index is 2.26. The first kappa shape index (κ1) is 17.8. The predicted octanol–water partition coefficient (Wildman–Crippen LogP) is 1.53. The molecule has 0 saturated heterocycles. The Kier molecular flexibility index (Phi) is 4.83. The number of H-pyrrole nitrogens is 1. The van der Waals surface area contributed by atoms with Crippen LogP contribution in [0.5, 0.6) is 0 Å². The molecule has 0 saturated carbocycles. The highest BCUT2D eigenvalue weighted by atomic mass is 16.5. The number of rotatable bonds is 6. The van der Waals surface area contributed by atoms with Crippen LogP contribution in [0.1, 0.15) is 53.5 Å². The van der Waals surface area contributed by atoms with E-state index in [0.29, 0.717) is 6.54 Å². The SMILES string of the molecule is CCCCCCn1c2nc(=O)[nH]c(=O)c-2cc2c1C(=O)C(OC)=CC2=O. The minimum Gasteiger partial charge on any atom is -0.492 e. The summed E-state index contributed by atoms with van der Waals surface area (Å²) in [5.41, 5.74) is -1.09. The topological polar surface area (TPSA) is 111 Å². The third kappa shape index (κ3) is 2.98. The Morgan fingerprint density at radius 1 is 1.12 bits per heavy atom. The van der Waals surface area contributed by atoms with Gasteiger partial charge >= 0.3 is 5.69 Å². The van der Waals surface area contributed by atoms with Crippen molar-refractivity contribution < 1.29 is 14.3 Å². The van der Waals surface area contributed by atoms with Gasteiger partial charge in [0, 0.05) is 12.6 Å². The Hall–Kier alpha value is -3.03. The Bertz CT molecular complexity index is 999. The summed E-state index contributed by atoms with van der Waals surface area (Å²) < 4.78 is 6.52. The van der Waals surface area contributed by atoms with E-state index in [2.05, 4.69) is 16.9 Å². The molecule has 0 fully saturated rings. The number of methoxy groups -OCH3 is 1. The van der Waals surface area contributed by atoms with Gasteiger partial charge in [0.25, 0.3) is 5.56 Å². The van der Waals surface area contributed by atoms with Gasteiger partial charge in [0.2, 0.25) is 5.78 Å². The molecule has 2 heterocycles. The Labute approximate surface area is 148 Å². The van der Waals surface area contributed by atoms with E-state index < -0.39 is 22.8 Å². The number of ether oxygens (including phenoxy) is 1. The number of ketones is 2. The largest absolute Gasteiger partial charge is 0.492 e. The zero-order valence-corrected chi connectivity index (χ0v) is 14.6. The second-order valence-corrected chi connectivity index (χ2v) is 6.13. The molecule has 8 nitrogen and oxygen atoms in total. The zero-order chi connectivity index (χ0) is 18.8. The molecule has 3 aliphatic rings. The number of carbonyl (C=O) groups is 2. The van der Waals surface area contributed by atoms with Crippen LogP contribution in [0, 0.1) is 0 Å². The van der Waals surface area contributed by atoms with Crippen molar-refractivity contribution in [3.8, 4) is 11.4 Å². The number of carbonyl (C=O) groups excluding carboxylic acids is 2. The van der Waals surface area contributed by atoms with Crippen LogP contribution in [0.4, 0.5) is 0 Å². The van der Waals surface area contributed by atoms with Gasteiger partial charge in [-0.2, -0.15) is 4.98 Å². The predicted molar refractivity (Wildman–Crippen MR) is 93.6 cm³/mol. The molecule has 0 aromatic heterocycles. The first-order chi connectivity index (χ1) is 12.5. The van der Waals surface area contributed by atoms with E-state index in [9.17, 15) is 19.2 Å². The van der Waals surface area contributed by atoms with Gasteiger partial charge in [-0.1, -0.05) is 26.2 Å². The lowest BCUT2D eigenvalue weighted by Crippen LogP contribution is -2.32. The molecular formula is C18H19N3O5. The molecule has 0 bridgehead atoms. The van der Waals surface area contributed by atoms with Crippen LogP contribution < -0.4 is 11.2 Å². The fourth-order valence-electron chi connectivity index (χ4n) is 3.13. The lowest BCUT2D eigenvalue weighted by molar-refractivity contribution is 0.0906. The highest BCUT2D eigenvalue weighted by Crippen LogP contribution is 2.28. The fraction of sp³-hybridized carbons (Fsp3) is 0.389. The number of aromatic amines is 1. The van der Waals surface area contributed by atoms with E-state index in [-0.39, 0.29) is 28.4 Å². The number of allylic oxidation sites excluding steroid dienone is 2. The minimum absolute atomic E-state index is 0.0728. The van der Waals surface area contributed by atoms with E-state index >= 15 is 0 Å². The van der Waals surface area contributed by atoms with Crippen molar-refractivity contribution >= 4 is 11.6 Å².